The highest BCUT2D eigenvalue weighted by molar-refractivity contribution is 6.42. The van der Waals surface area contributed by atoms with Crippen LogP contribution in [0.4, 0.5) is 0 Å². The molecule has 3 rings (SSSR count). The van der Waals surface area contributed by atoms with Crippen molar-refractivity contribution in [3.05, 3.63) is 33.8 Å². The fourth-order valence-corrected chi connectivity index (χ4v) is 4.26. The lowest BCUT2D eigenvalue weighted by Crippen LogP contribution is -2.62. The van der Waals surface area contributed by atoms with Gasteiger partial charge in [-0.15, -0.1) is 0 Å². The summed E-state index contributed by atoms with van der Waals surface area (Å²) in [4.78, 5) is 19.6. The molecule has 2 aliphatic heterocycles. The summed E-state index contributed by atoms with van der Waals surface area (Å²) in [5, 5.41) is 10.6. The highest BCUT2D eigenvalue weighted by Crippen LogP contribution is 2.24. The van der Waals surface area contributed by atoms with Gasteiger partial charge in [-0.3, -0.25) is 9.69 Å². The molecular formula is C19H27Cl2N3O2. The first-order valence-corrected chi connectivity index (χ1v) is 10.0. The van der Waals surface area contributed by atoms with Gasteiger partial charge in [-0.1, -0.05) is 29.3 Å². The molecule has 0 saturated carbocycles. The second-order valence-electron chi connectivity index (χ2n) is 7.41. The molecule has 5 nitrogen and oxygen atoms in total. The maximum Gasteiger partial charge on any atom is 0.227 e. The first kappa shape index (κ1) is 19.9. The minimum absolute atomic E-state index is 0.0115. The van der Waals surface area contributed by atoms with Gasteiger partial charge in [-0.2, -0.15) is 0 Å². The van der Waals surface area contributed by atoms with E-state index in [4.69, 9.17) is 23.2 Å². The lowest BCUT2D eigenvalue weighted by Gasteiger charge is -2.45. The average Bonchev–Trinajstić information content (AvgIpc) is 3.11. The number of piperazine rings is 1. The Bertz CT molecular complexity index is 637. The van der Waals surface area contributed by atoms with Crippen LogP contribution in [-0.4, -0.2) is 84.2 Å². The number of aliphatic hydroxyl groups excluding tert-OH is 1. The molecule has 144 valence electrons. The van der Waals surface area contributed by atoms with Crippen molar-refractivity contribution in [2.75, 3.05) is 46.4 Å². The molecule has 1 aromatic carbocycles. The van der Waals surface area contributed by atoms with Crippen molar-refractivity contribution in [1.29, 1.82) is 0 Å². The molecule has 2 saturated heterocycles. The van der Waals surface area contributed by atoms with Gasteiger partial charge in [-0.25, -0.2) is 0 Å². The number of benzene rings is 1. The topological polar surface area (TPSA) is 47.0 Å². The van der Waals surface area contributed by atoms with E-state index in [1.807, 2.05) is 18.0 Å². The Morgan fingerprint density at radius 2 is 1.88 bits per heavy atom. The van der Waals surface area contributed by atoms with Crippen molar-refractivity contribution >= 4 is 29.1 Å². The number of aliphatic hydroxyl groups is 1. The first-order valence-electron chi connectivity index (χ1n) is 9.24. The van der Waals surface area contributed by atoms with Gasteiger partial charge in [0.2, 0.25) is 5.91 Å². The van der Waals surface area contributed by atoms with Crippen LogP contribution in [0.3, 0.4) is 0 Å². The van der Waals surface area contributed by atoms with Crippen molar-refractivity contribution in [3.8, 4) is 0 Å². The standard InChI is InChI=1S/C19H27Cl2N3O2/c1-22-10-15(11-23-6-2-3-7-23)24(12-16(22)13-25)19(26)9-14-4-5-17(20)18(21)8-14/h4-5,8,15-16,25H,2-3,6-7,9-13H2,1H3/t15-,16-/m0/s1. The van der Waals surface area contributed by atoms with E-state index in [9.17, 15) is 9.90 Å². The molecule has 0 spiro atoms. The second kappa shape index (κ2) is 8.89. The Morgan fingerprint density at radius 1 is 1.15 bits per heavy atom. The van der Waals surface area contributed by atoms with E-state index < -0.39 is 0 Å². The molecule has 1 amide bonds. The van der Waals surface area contributed by atoms with E-state index in [-0.39, 0.29) is 24.6 Å². The number of likely N-dealkylation sites (N-methyl/N-ethyl adjacent to an activating group) is 1. The van der Waals surface area contributed by atoms with Gasteiger partial charge in [-0.05, 0) is 50.7 Å². The van der Waals surface area contributed by atoms with Crippen molar-refractivity contribution in [2.24, 2.45) is 0 Å². The van der Waals surface area contributed by atoms with Crippen molar-refractivity contribution in [3.63, 3.8) is 0 Å². The molecule has 0 unspecified atom stereocenters. The van der Waals surface area contributed by atoms with Gasteiger partial charge in [0.05, 0.1) is 35.2 Å². The van der Waals surface area contributed by atoms with Gasteiger partial charge < -0.3 is 14.9 Å². The van der Waals surface area contributed by atoms with Crippen LogP contribution in [0.1, 0.15) is 18.4 Å². The van der Waals surface area contributed by atoms with Crippen LogP contribution in [0.2, 0.25) is 10.0 Å². The molecule has 2 heterocycles. The number of carbonyl (C=O) groups excluding carboxylic acids is 1. The fraction of sp³-hybridized carbons (Fsp3) is 0.632. The summed E-state index contributed by atoms with van der Waals surface area (Å²) >= 11 is 12.1. The van der Waals surface area contributed by atoms with Gasteiger partial charge in [0.15, 0.2) is 0 Å². The maximum atomic E-state index is 13.0. The van der Waals surface area contributed by atoms with E-state index in [0.29, 0.717) is 23.0 Å². The van der Waals surface area contributed by atoms with Crippen molar-refractivity contribution in [2.45, 2.75) is 31.3 Å². The molecule has 1 aromatic rings. The van der Waals surface area contributed by atoms with E-state index in [2.05, 4.69) is 9.80 Å². The monoisotopic (exact) mass is 399 g/mol. The predicted octanol–water partition coefficient (Wildman–Crippen LogP) is 2.14. The maximum absolute atomic E-state index is 13.0. The quantitative estimate of drug-likeness (QED) is 0.823. The lowest BCUT2D eigenvalue weighted by molar-refractivity contribution is -0.138. The van der Waals surface area contributed by atoms with Crippen LogP contribution in [0.15, 0.2) is 18.2 Å². The number of nitrogens with zero attached hydrogens (tertiary/aromatic N) is 3. The van der Waals surface area contributed by atoms with Gasteiger partial charge in [0, 0.05) is 19.6 Å². The summed E-state index contributed by atoms with van der Waals surface area (Å²) in [5.41, 5.74) is 0.865. The third-order valence-electron chi connectivity index (χ3n) is 5.51. The number of halogens is 2. The van der Waals surface area contributed by atoms with Crippen molar-refractivity contribution in [1.82, 2.24) is 14.7 Å². The number of rotatable bonds is 5. The van der Waals surface area contributed by atoms with E-state index in [1.54, 1.807) is 12.1 Å². The molecule has 2 fully saturated rings. The number of amides is 1. The molecular weight excluding hydrogens is 373 g/mol. The third kappa shape index (κ3) is 4.70. The van der Waals surface area contributed by atoms with Crippen molar-refractivity contribution < 1.29 is 9.90 Å². The predicted molar refractivity (Wildman–Crippen MR) is 105 cm³/mol. The SMILES string of the molecule is CN1C[C@@H](CN2CCCC2)N(C(=O)Cc2ccc(Cl)c(Cl)c2)C[C@H]1CO. The second-order valence-corrected chi connectivity index (χ2v) is 8.22. The Balaban J connectivity index is 1.72. The molecule has 1 N–H and O–H groups in total. The van der Waals surface area contributed by atoms with Gasteiger partial charge >= 0.3 is 0 Å². The zero-order valence-electron chi connectivity index (χ0n) is 15.2. The fourth-order valence-electron chi connectivity index (χ4n) is 3.94. The minimum atomic E-state index is -0.0115. The van der Waals surface area contributed by atoms with Crippen LogP contribution in [-0.2, 0) is 11.2 Å². The average molecular weight is 400 g/mol. The van der Waals surface area contributed by atoms with Crippen LogP contribution >= 0.6 is 23.2 Å². The smallest absolute Gasteiger partial charge is 0.227 e. The molecule has 2 aliphatic rings. The van der Waals surface area contributed by atoms with Gasteiger partial charge in [0.1, 0.15) is 0 Å². The Labute approximate surface area is 165 Å². The summed E-state index contributed by atoms with van der Waals surface area (Å²) < 4.78 is 0. The third-order valence-corrected chi connectivity index (χ3v) is 6.25. The molecule has 0 aromatic heterocycles. The summed E-state index contributed by atoms with van der Waals surface area (Å²) in [6, 6.07) is 5.48. The molecule has 7 heteroatoms. The summed E-state index contributed by atoms with van der Waals surface area (Å²) in [5.74, 6) is 0.0825. The molecule has 0 radical (unpaired) electrons. The molecule has 0 aliphatic carbocycles. The Morgan fingerprint density at radius 3 is 2.54 bits per heavy atom. The molecule has 2 atom stereocenters. The van der Waals surface area contributed by atoms with Crippen LogP contribution in [0.5, 0.6) is 0 Å². The lowest BCUT2D eigenvalue weighted by atomic mass is 10.0. The van der Waals surface area contributed by atoms with Gasteiger partial charge in [0.25, 0.3) is 0 Å². The van der Waals surface area contributed by atoms with Crippen LogP contribution in [0, 0.1) is 0 Å². The normalized spacial score (nSPS) is 25.0. The number of hydrogen-bond acceptors (Lipinski definition) is 4. The van der Waals surface area contributed by atoms with E-state index in [1.165, 1.54) is 12.8 Å². The minimum Gasteiger partial charge on any atom is -0.395 e. The highest BCUT2D eigenvalue weighted by atomic mass is 35.5. The van der Waals surface area contributed by atoms with E-state index in [0.717, 1.165) is 31.7 Å². The first-order chi connectivity index (χ1) is 12.5. The largest absolute Gasteiger partial charge is 0.395 e. The van der Waals surface area contributed by atoms with Crippen LogP contribution in [0.25, 0.3) is 0 Å². The summed E-state index contributed by atoms with van der Waals surface area (Å²) in [7, 11) is 2.03. The number of hydrogen-bond donors (Lipinski definition) is 1. The molecule has 26 heavy (non-hydrogen) atoms. The number of carbonyl (C=O) groups is 1. The number of likely N-dealkylation sites (tertiary alicyclic amines) is 1. The van der Waals surface area contributed by atoms with Crippen LogP contribution < -0.4 is 0 Å². The Kier molecular flexibility index (Phi) is 6.81. The Hall–Kier alpha value is -0.850. The van der Waals surface area contributed by atoms with E-state index >= 15 is 0 Å². The summed E-state index contributed by atoms with van der Waals surface area (Å²) in [6.07, 6.45) is 2.77. The zero-order valence-corrected chi connectivity index (χ0v) is 16.7. The zero-order chi connectivity index (χ0) is 18.7. The highest BCUT2D eigenvalue weighted by Gasteiger charge is 2.35. The molecule has 0 bridgehead atoms. The summed E-state index contributed by atoms with van der Waals surface area (Å²) in [6.45, 7) is 4.52.